The molecular formula is C7H11NO3. The Morgan fingerprint density at radius 1 is 1.73 bits per heavy atom. The van der Waals surface area contributed by atoms with Crippen LogP contribution < -0.4 is 5.73 Å². The van der Waals surface area contributed by atoms with Gasteiger partial charge in [-0.05, 0) is 0 Å². The summed E-state index contributed by atoms with van der Waals surface area (Å²) < 4.78 is 0. The van der Waals surface area contributed by atoms with Gasteiger partial charge in [-0.25, -0.2) is 9.78 Å². The molecule has 1 saturated heterocycles. The number of carbonyl (C=O) groups excluding carboxylic acids is 1. The van der Waals surface area contributed by atoms with E-state index in [0.29, 0.717) is 18.6 Å². The van der Waals surface area contributed by atoms with Crippen LogP contribution in [0.3, 0.4) is 0 Å². The first-order valence-corrected chi connectivity index (χ1v) is 3.46. The van der Waals surface area contributed by atoms with Crippen LogP contribution in [0.1, 0.15) is 12.8 Å². The van der Waals surface area contributed by atoms with Crippen LogP contribution in [0.25, 0.3) is 0 Å². The van der Waals surface area contributed by atoms with Crippen molar-refractivity contribution in [2.45, 2.75) is 18.9 Å². The number of primary amides is 1. The molecule has 0 aromatic rings. The Hall–Kier alpha value is -0.870. The predicted molar refractivity (Wildman–Crippen MR) is 38.4 cm³/mol. The number of hydrogen-bond donors (Lipinski definition) is 1. The van der Waals surface area contributed by atoms with Crippen LogP contribution in [0.2, 0.25) is 0 Å². The normalized spacial score (nSPS) is 23.5. The van der Waals surface area contributed by atoms with Gasteiger partial charge in [0.15, 0.2) is 0 Å². The van der Waals surface area contributed by atoms with Gasteiger partial charge >= 0.3 is 0 Å². The van der Waals surface area contributed by atoms with Crippen molar-refractivity contribution < 1.29 is 14.6 Å². The third-order valence-corrected chi connectivity index (χ3v) is 1.55. The number of hydrogen-bond acceptors (Lipinski definition) is 3. The van der Waals surface area contributed by atoms with E-state index in [0.717, 1.165) is 6.42 Å². The Labute approximate surface area is 64.9 Å². The molecule has 4 heteroatoms. The fraction of sp³-hybridized carbons (Fsp3) is 0.571. The van der Waals surface area contributed by atoms with Gasteiger partial charge in [-0.15, -0.1) is 0 Å². The molecule has 11 heavy (non-hydrogen) atoms. The van der Waals surface area contributed by atoms with Crippen LogP contribution in [0.5, 0.6) is 0 Å². The first-order valence-electron chi connectivity index (χ1n) is 3.46. The van der Waals surface area contributed by atoms with E-state index in [2.05, 4.69) is 11.5 Å². The van der Waals surface area contributed by atoms with E-state index in [1.165, 1.54) is 0 Å². The molecule has 0 aromatic carbocycles. The van der Waals surface area contributed by atoms with Crippen molar-refractivity contribution in [2.24, 2.45) is 5.73 Å². The zero-order valence-corrected chi connectivity index (χ0v) is 6.21. The summed E-state index contributed by atoms with van der Waals surface area (Å²) in [5, 5.41) is 0. The molecule has 1 amide bonds. The second-order valence-electron chi connectivity index (χ2n) is 2.50. The standard InChI is InChI=1S/C7H11NO3/c1-5(7(8)9)4-6-2-3-10-11-6/h6H,1-4H2,(H2,8,9). The van der Waals surface area contributed by atoms with Crippen LogP contribution in [0, 0.1) is 0 Å². The lowest BCUT2D eigenvalue weighted by atomic mass is 10.1. The lowest BCUT2D eigenvalue weighted by Gasteiger charge is -2.05. The highest BCUT2D eigenvalue weighted by atomic mass is 17.2. The highest BCUT2D eigenvalue weighted by Gasteiger charge is 2.19. The predicted octanol–water partition coefficient (Wildman–Crippen LogP) is 0.138. The van der Waals surface area contributed by atoms with Gasteiger partial charge in [0.1, 0.15) is 0 Å². The van der Waals surface area contributed by atoms with Gasteiger partial charge in [0.2, 0.25) is 5.91 Å². The van der Waals surface area contributed by atoms with Crippen molar-refractivity contribution in [1.82, 2.24) is 0 Å². The molecule has 0 spiro atoms. The molecule has 1 fully saturated rings. The SMILES string of the molecule is C=C(CC1CCOO1)C(N)=O. The van der Waals surface area contributed by atoms with Crippen LogP contribution in [-0.2, 0) is 14.6 Å². The third kappa shape index (κ3) is 2.32. The number of carbonyl (C=O) groups is 1. The molecule has 1 heterocycles. The molecule has 2 N–H and O–H groups in total. The van der Waals surface area contributed by atoms with Crippen LogP contribution in [0.15, 0.2) is 12.2 Å². The molecule has 1 atom stereocenters. The Kier molecular flexibility index (Phi) is 2.62. The summed E-state index contributed by atoms with van der Waals surface area (Å²) in [5.41, 5.74) is 5.37. The Balaban J connectivity index is 2.29. The minimum atomic E-state index is -0.472. The van der Waals surface area contributed by atoms with Crippen molar-refractivity contribution in [2.75, 3.05) is 6.61 Å². The van der Waals surface area contributed by atoms with E-state index in [9.17, 15) is 4.79 Å². The second-order valence-corrected chi connectivity index (χ2v) is 2.50. The second kappa shape index (κ2) is 3.50. The van der Waals surface area contributed by atoms with E-state index < -0.39 is 5.91 Å². The molecule has 0 saturated carbocycles. The molecule has 1 rings (SSSR count). The van der Waals surface area contributed by atoms with Crippen LogP contribution in [0.4, 0.5) is 0 Å². The van der Waals surface area contributed by atoms with Gasteiger partial charge < -0.3 is 5.73 Å². The largest absolute Gasteiger partial charge is 0.366 e. The summed E-state index contributed by atoms with van der Waals surface area (Å²) in [5.74, 6) is -0.472. The molecule has 0 aliphatic carbocycles. The maximum absolute atomic E-state index is 10.5. The van der Waals surface area contributed by atoms with E-state index in [1.54, 1.807) is 0 Å². The van der Waals surface area contributed by atoms with Crippen molar-refractivity contribution in [1.29, 1.82) is 0 Å². The first kappa shape index (κ1) is 8.23. The van der Waals surface area contributed by atoms with E-state index in [1.807, 2.05) is 0 Å². The first-order chi connectivity index (χ1) is 5.20. The van der Waals surface area contributed by atoms with Gasteiger partial charge in [-0.1, -0.05) is 6.58 Å². The number of nitrogens with two attached hydrogens (primary N) is 1. The van der Waals surface area contributed by atoms with Crippen molar-refractivity contribution in [3.05, 3.63) is 12.2 Å². The maximum atomic E-state index is 10.5. The summed E-state index contributed by atoms with van der Waals surface area (Å²) in [7, 11) is 0. The average Bonchev–Trinajstić information content (AvgIpc) is 2.39. The molecule has 4 nitrogen and oxygen atoms in total. The minimum absolute atomic E-state index is 0.0463. The van der Waals surface area contributed by atoms with E-state index >= 15 is 0 Å². The average molecular weight is 157 g/mol. The third-order valence-electron chi connectivity index (χ3n) is 1.55. The minimum Gasteiger partial charge on any atom is -0.366 e. The molecule has 0 radical (unpaired) electrons. The van der Waals surface area contributed by atoms with E-state index in [4.69, 9.17) is 10.6 Å². The smallest absolute Gasteiger partial charge is 0.244 e. The summed E-state index contributed by atoms with van der Waals surface area (Å²) >= 11 is 0. The number of amides is 1. The fourth-order valence-electron chi connectivity index (χ4n) is 0.884. The molecule has 0 aromatic heterocycles. The van der Waals surface area contributed by atoms with Gasteiger partial charge in [0.05, 0.1) is 12.7 Å². The summed E-state index contributed by atoms with van der Waals surface area (Å²) in [4.78, 5) is 20.0. The lowest BCUT2D eigenvalue weighted by molar-refractivity contribution is -0.273. The number of rotatable bonds is 3. The van der Waals surface area contributed by atoms with E-state index in [-0.39, 0.29) is 6.10 Å². The maximum Gasteiger partial charge on any atom is 0.244 e. The topological polar surface area (TPSA) is 61.6 Å². The monoisotopic (exact) mass is 157 g/mol. The zero-order valence-electron chi connectivity index (χ0n) is 6.21. The van der Waals surface area contributed by atoms with Gasteiger partial charge in [0.25, 0.3) is 0 Å². The van der Waals surface area contributed by atoms with Crippen LogP contribution in [-0.4, -0.2) is 18.6 Å². The molecule has 1 aliphatic rings. The lowest BCUT2D eigenvalue weighted by Crippen LogP contribution is -2.17. The molecule has 1 unspecified atom stereocenters. The van der Waals surface area contributed by atoms with Gasteiger partial charge in [-0.2, -0.15) is 0 Å². The zero-order chi connectivity index (χ0) is 8.27. The molecule has 0 bridgehead atoms. The highest BCUT2D eigenvalue weighted by Crippen LogP contribution is 2.15. The van der Waals surface area contributed by atoms with Gasteiger partial charge in [-0.3, -0.25) is 4.79 Å². The Morgan fingerprint density at radius 3 is 2.91 bits per heavy atom. The fourth-order valence-corrected chi connectivity index (χ4v) is 0.884. The van der Waals surface area contributed by atoms with Crippen molar-refractivity contribution in [3.63, 3.8) is 0 Å². The molecular weight excluding hydrogens is 146 g/mol. The Bertz CT molecular complexity index is 173. The summed E-state index contributed by atoms with van der Waals surface area (Å²) in [6.45, 7) is 4.09. The molecule has 62 valence electrons. The Morgan fingerprint density at radius 2 is 2.45 bits per heavy atom. The van der Waals surface area contributed by atoms with Crippen molar-refractivity contribution >= 4 is 5.91 Å². The quantitative estimate of drug-likeness (QED) is 0.468. The summed E-state index contributed by atoms with van der Waals surface area (Å²) in [6, 6.07) is 0. The van der Waals surface area contributed by atoms with Gasteiger partial charge in [0, 0.05) is 18.4 Å². The summed E-state index contributed by atoms with van der Waals surface area (Å²) in [6.07, 6.45) is 1.22. The van der Waals surface area contributed by atoms with Crippen LogP contribution >= 0.6 is 0 Å². The highest BCUT2D eigenvalue weighted by molar-refractivity contribution is 5.91. The molecule has 1 aliphatic heterocycles. The van der Waals surface area contributed by atoms with Crippen molar-refractivity contribution in [3.8, 4) is 0 Å².